The Morgan fingerprint density at radius 1 is 1.00 bits per heavy atom. The molecule has 0 atom stereocenters. The van der Waals surface area contributed by atoms with Gasteiger partial charge in [0.1, 0.15) is 11.1 Å². The smallest absolute Gasteiger partial charge is 0.344 e. The lowest BCUT2D eigenvalue weighted by Gasteiger charge is -2.22. The number of rotatable bonds is 5. The summed E-state index contributed by atoms with van der Waals surface area (Å²) >= 11 is 5.96. The van der Waals surface area contributed by atoms with Gasteiger partial charge in [-0.3, -0.25) is 0 Å². The minimum absolute atomic E-state index is 0.0463. The van der Waals surface area contributed by atoms with Crippen LogP contribution in [0, 0.1) is 0 Å². The fraction of sp³-hybridized carbons (Fsp3) is 0.400. The molecule has 1 aliphatic rings. The highest BCUT2D eigenvalue weighted by Crippen LogP contribution is 2.37. The molecule has 3 rings (SSSR count). The summed E-state index contributed by atoms with van der Waals surface area (Å²) in [5, 5.41) is 3.84. The van der Waals surface area contributed by atoms with E-state index in [1.54, 1.807) is 24.3 Å². The lowest BCUT2D eigenvalue weighted by Crippen LogP contribution is -2.23. The van der Waals surface area contributed by atoms with Crippen LogP contribution in [-0.2, 0) is 9.47 Å². The maximum absolute atomic E-state index is 12.5. The van der Waals surface area contributed by atoms with Crippen molar-refractivity contribution in [2.75, 3.05) is 19.5 Å². The molecule has 0 bridgehead atoms. The standard InChI is InChI=1S/C20H22ClNO5/c1-25-19(23)15-16(20(24)26-2)18(22-14-6-4-3-5-7-14)27-17(15)12-8-10-13(21)11-9-12/h8-11,14,22H,3-7H2,1-2H3. The Morgan fingerprint density at radius 2 is 1.59 bits per heavy atom. The number of hydrogen-bond acceptors (Lipinski definition) is 6. The first-order chi connectivity index (χ1) is 13.0. The van der Waals surface area contributed by atoms with E-state index in [1.807, 2.05) is 0 Å². The third kappa shape index (κ3) is 4.11. The van der Waals surface area contributed by atoms with Crippen molar-refractivity contribution in [3.8, 4) is 11.3 Å². The highest BCUT2D eigenvalue weighted by atomic mass is 35.5. The molecular weight excluding hydrogens is 370 g/mol. The average Bonchev–Trinajstić information content (AvgIpc) is 3.07. The van der Waals surface area contributed by atoms with Crippen LogP contribution in [0.4, 0.5) is 5.88 Å². The van der Waals surface area contributed by atoms with E-state index in [4.69, 9.17) is 25.5 Å². The van der Waals surface area contributed by atoms with E-state index in [1.165, 1.54) is 20.6 Å². The van der Waals surface area contributed by atoms with Crippen molar-refractivity contribution in [3.05, 3.63) is 40.4 Å². The second kappa shape index (κ2) is 8.48. The van der Waals surface area contributed by atoms with Crippen molar-refractivity contribution < 1.29 is 23.5 Å². The Balaban J connectivity index is 2.12. The van der Waals surface area contributed by atoms with Crippen LogP contribution in [0.15, 0.2) is 28.7 Å². The van der Waals surface area contributed by atoms with Crippen molar-refractivity contribution in [1.82, 2.24) is 0 Å². The number of nitrogens with one attached hydrogen (secondary N) is 1. The van der Waals surface area contributed by atoms with E-state index >= 15 is 0 Å². The molecule has 0 radical (unpaired) electrons. The second-order valence-corrected chi connectivity index (χ2v) is 6.92. The van der Waals surface area contributed by atoms with Gasteiger partial charge in [-0.25, -0.2) is 9.59 Å². The molecule has 1 N–H and O–H groups in total. The molecule has 0 aliphatic heterocycles. The van der Waals surface area contributed by atoms with Gasteiger partial charge in [-0.1, -0.05) is 30.9 Å². The van der Waals surface area contributed by atoms with Gasteiger partial charge in [0.15, 0.2) is 5.76 Å². The SMILES string of the molecule is COC(=O)c1c(NC2CCCCC2)oc(-c2ccc(Cl)cc2)c1C(=O)OC. The van der Waals surface area contributed by atoms with Gasteiger partial charge < -0.3 is 19.2 Å². The van der Waals surface area contributed by atoms with E-state index in [0.29, 0.717) is 10.6 Å². The minimum Gasteiger partial charge on any atom is -0.465 e. The maximum atomic E-state index is 12.5. The third-order valence-corrected chi connectivity index (χ3v) is 4.99. The molecule has 1 aromatic carbocycles. The van der Waals surface area contributed by atoms with E-state index in [0.717, 1.165) is 25.7 Å². The number of hydrogen-bond donors (Lipinski definition) is 1. The zero-order chi connectivity index (χ0) is 19.4. The first-order valence-electron chi connectivity index (χ1n) is 8.91. The van der Waals surface area contributed by atoms with Crippen LogP contribution < -0.4 is 5.32 Å². The van der Waals surface area contributed by atoms with Crippen molar-refractivity contribution in [2.45, 2.75) is 38.1 Å². The van der Waals surface area contributed by atoms with E-state index in [-0.39, 0.29) is 28.8 Å². The summed E-state index contributed by atoms with van der Waals surface area (Å²) < 4.78 is 15.8. The molecule has 7 heteroatoms. The first kappa shape index (κ1) is 19.3. The minimum atomic E-state index is -0.666. The summed E-state index contributed by atoms with van der Waals surface area (Å²) in [5.41, 5.74) is 0.714. The summed E-state index contributed by atoms with van der Waals surface area (Å²) in [4.78, 5) is 24.9. The van der Waals surface area contributed by atoms with Crippen molar-refractivity contribution in [2.24, 2.45) is 0 Å². The van der Waals surface area contributed by atoms with Gasteiger partial charge in [-0.05, 0) is 37.1 Å². The van der Waals surface area contributed by atoms with Gasteiger partial charge in [-0.2, -0.15) is 0 Å². The Hall–Kier alpha value is -2.47. The Kier molecular flexibility index (Phi) is 6.06. The predicted molar refractivity (Wildman–Crippen MR) is 102 cm³/mol. The molecular formula is C20H22ClNO5. The molecule has 1 aromatic heterocycles. The maximum Gasteiger partial charge on any atom is 0.344 e. The highest BCUT2D eigenvalue weighted by molar-refractivity contribution is 6.30. The number of esters is 2. The molecule has 0 amide bonds. The van der Waals surface area contributed by atoms with Gasteiger partial charge in [0.2, 0.25) is 5.88 Å². The lowest BCUT2D eigenvalue weighted by atomic mass is 9.95. The monoisotopic (exact) mass is 391 g/mol. The van der Waals surface area contributed by atoms with Crippen LogP contribution >= 0.6 is 11.6 Å². The van der Waals surface area contributed by atoms with Crippen LogP contribution in [0.25, 0.3) is 11.3 Å². The molecule has 27 heavy (non-hydrogen) atoms. The fourth-order valence-electron chi connectivity index (χ4n) is 3.36. The van der Waals surface area contributed by atoms with Gasteiger partial charge in [-0.15, -0.1) is 0 Å². The molecule has 144 valence electrons. The van der Waals surface area contributed by atoms with Gasteiger partial charge >= 0.3 is 11.9 Å². The summed E-state index contributed by atoms with van der Waals surface area (Å²) in [7, 11) is 2.53. The fourth-order valence-corrected chi connectivity index (χ4v) is 3.49. The number of ether oxygens (including phenoxy) is 2. The van der Waals surface area contributed by atoms with E-state index < -0.39 is 11.9 Å². The number of halogens is 1. The molecule has 1 aliphatic carbocycles. The number of anilines is 1. The molecule has 0 unspecified atom stereocenters. The quantitative estimate of drug-likeness (QED) is 0.729. The topological polar surface area (TPSA) is 77.8 Å². The third-order valence-electron chi connectivity index (χ3n) is 4.73. The molecule has 2 aromatic rings. The Morgan fingerprint density at radius 3 is 2.19 bits per heavy atom. The molecule has 1 fully saturated rings. The summed E-state index contributed by atoms with van der Waals surface area (Å²) in [6.45, 7) is 0. The predicted octanol–water partition coefficient (Wildman–Crippen LogP) is 4.92. The Labute approximate surface area is 162 Å². The van der Waals surface area contributed by atoms with Crippen LogP contribution in [0.3, 0.4) is 0 Å². The largest absolute Gasteiger partial charge is 0.465 e. The van der Waals surface area contributed by atoms with Gasteiger partial charge in [0.25, 0.3) is 0 Å². The van der Waals surface area contributed by atoms with Gasteiger partial charge in [0, 0.05) is 16.6 Å². The number of methoxy groups -OCH3 is 2. The van der Waals surface area contributed by atoms with Crippen LogP contribution in [0.5, 0.6) is 0 Å². The summed E-state index contributed by atoms with van der Waals surface area (Å²) in [5.74, 6) is -0.838. The summed E-state index contributed by atoms with van der Waals surface area (Å²) in [6, 6.07) is 6.99. The summed E-state index contributed by atoms with van der Waals surface area (Å²) in [6.07, 6.45) is 5.37. The van der Waals surface area contributed by atoms with Gasteiger partial charge in [0.05, 0.1) is 14.2 Å². The van der Waals surface area contributed by atoms with Crippen molar-refractivity contribution in [1.29, 1.82) is 0 Å². The highest BCUT2D eigenvalue weighted by Gasteiger charge is 2.33. The van der Waals surface area contributed by atoms with E-state index in [9.17, 15) is 9.59 Å². The van der Waals surface area contributed by atoms with Crippen molar-refractivity contribution >= 4 is 29.4 Å². The Bertz CT molecular complexity index is 822. The van der Waals surface area contributed by atoms with Crippen molar-refractivity contribution in [3.63, 3.8) is 0 Å². The number of carbonyl (C=O) groups is 2. The second-order valence-electron chi connectivity index (χ2n) is 6.48. The van der Waals surface area contributed by atoms with Crippen LogP contribution in [0.1, 0.15) is 52.8 Å². The lowest BCUT2D eigenvalue weighted by molar-refractivity contribution is 0.0558. The molecule has 6 nitrogen and oxygen atoms in total. The number of furan rings is 1. The normalized spacial score (nSPS) is 14.6. The first-order valence-corrected chi connectivity index (χ1v) is 9.28. The number of carbonyl (C=O) groups excluding carboxylic acids is 2. The molecule has 0 saturated heterocycles. The van der Waals surface area contributed by atoms with Crippen LogP contribution in [-0.4, -0.2) is 32.2 Å². The van der Waals surface area contributed by atoms with E-state index in [2.05, 4.69) is 5.32 Å². The van der Waals surface area contributed by atoms with Crippen LogP contribution in [0.2, 0.25) is 5.02 Å². The molecule has 0 spiro atoms. The zero-order valence-corrected chi connectivity index (χ0v) is 16.1. The molecule has 1 saturated carbocycles. The zero-order valence-electron chi connectivity index (χ0n) is 15.3. The molecule has 1 heterocycles. The number of benzene rings is 1. The average molecular weight is 392 g/mol.